The summed E-state index contributed by atoms with van der Waals surface area (Å²) in [7, 11) is 0. The molecule has 1 rings (SSSR count). The van der Waals surface area contributed by atoms with E-state index < -0.39 is 5.97 Å². The maximum absolute atomic E-state index is 10.7. The number of ether oxygens (including phenoxy) is 1. The molecule has 0 aromatic rings. The van der Waals surface area contributed by atoms with Crippen LogP contribution in [-0.2, 0) is 9.53 Å². The number of hydrogen-bond donors (Lipinski definition) is 1. The van der Waals surface area contributed by atoms with E-state index in [1.54, 1.807) is 6.08 Å². The van der Waals surface area contributed by atoms with Gasteiger partial charge in [-0.1, -0.05) is 30.9 Å². The predicted octanol–water partition coefficient (Wildman–Crippen LogP) is 1.98. The molecule has 98 valence electrons. The number of rotatable bonds is 4. The summed E-state index contributed by atoms with van der Waals surface area (Å²) >= 11 is 0. The van der Waals surface area contributed by atoms with E-state index in [0.29, 0.717) is 19.7 Å². The van der Waals surface area contributed by atoms with E-state index in [1.807, 2.05) is 36.1 Å². The number of carbonyl (C=O) groups is 1. The number of carboxylic acid groups (broad SMARTS) is 1. The summed E-state index contributed by atoms with van der Waals surface area (Å²) in [6.07, 6.45) is 9.25. The SMILES string of the molecule is C=C/C=C1/CN(CC(=O)O)CCO/C1=C/C=C\C. The molecule has 0 aliphatic carbocycles. The summed E-state index contributed by atoms with van der Waals surface area (Å²) in [6.45, 7) is 7.28. The first-order valence-electron chi connectivity index (χ1n) is 5.89. The highest BCUT2D eigenvalue weighted by molar-refractivity contribution is 5.69. The highest BCUT2D eigenvalue weighted by Gasteiger charge is 2.18. The lowest BCUT2D eigenvalue weighted by Crippen LogP contribution is -2.32. The third kappa shape index (κ3) is 4.59. The highest BCUT2D eigenvalue weighted by Crippen LogP contribution is 2.17. The van der Waals surface area contributed by atoms with E-state index >= 15 is 0 Å². The molecule has 0 atom stereocenters. The van der Waals surface area contributed by atoms with Gasteiger partial charge in [0.25, 0.3) is 0 Å². The molecule has 0 unspecified atom stereocenters. The van der Waals surface area contributed by atoms with Crippen molar-refractivity contribution < 1.29 is 14.6 Å². The van der Waals surface area contributed by atoms with Crippen LogP contribution in [0.25, 0.3) is 0 Å². The molecule has 0 aromatic heterocycles. The van der Waals surface area contributed by atoms with Gasteiger partial charge in [0.05, 0.1) is 6.54 Å². The Morgan fingerprint density at radius 2 is 2.33 bits per heavy atom. The fourth-order valence-corrected chi connectivity index (χ4v) is 1.72. The smallest absolute Gasteiger partial charge is 0.317 e. The lowest BCUT2D eigenvalue weighted by atomic mass is 10.1. The van der Waals surface area contributed by atoms with Crippen molar-refractivity contribution in [2.75, 3.05) is 26.2 Å². The van der Waals surface area contributed by atoms with Crippen LogP contribution in [0.15, 0.2) is 48.3 Å². The Morgan fingerprint density at radius 3 is 2.94 bits per heavy atom. The van der Waals surface area contributed by atoms with E-state index in [2.05, 4.69) is 6.58 Å². The van der Waals surface area contributed by atoms with E-state index in [4.69, 9.17) is 9.84 Å². The average molecular weight is 249 g/mol. The monoisotopic (exact) mass is 249 g/mol. The standard InChI is InChI=1S/C14H19NO3/c1-3-5-7-13-12(6-4-2)10-15(8-9-18-13)11-14(16)17/h3-7H,2,8-11H2,1H3,(H,16,17)/b5-3-,12-6-,13-7+. The van der Waals surface area contributed by atoms with Crippen LogP contribution in [0.1, 0.15) is 6.92 Å². The van der Waals surface area contributed by atoms with Crippen molar-refractivity contribution in [3.63, 3.8) is 0 Å². The fraction of sp³-hybridized carbons (Fsp3) is 0.357. The molecule has 4 nitrogen and oxygen atoms in total. The van der Waals surface area contributed by atoms with E-state index in [-0.39, 0.29) is 6.54 Å². The molecule has 0 radical (unpaired) electrons. The Morgan fingerprint density at radius 1 is 1.56 bits per heavy atom. The third-order valence-electron chi connectivity index (χ3n) is 2.49. The van der Waals surface area contributed by atoms with Crippen LogP contribution in [0.5, 0.6) is 0 Å². The van der Waals surface area contributed by atoms with Crippen molar-refractivity contribution in [1.82, 2.24) is 4.90 Å². The summed E-state index contributed by atoms with van der Waals surface area (Å²) in [6, 6.07) is 0. The van der Waals surface area contributed by atoms with Gasteiger partial charge in [0.2, 0.25) is 0 Å². The number of allylic oxidation sites excluding steroid dienone is 5. The third-order valence-corrected chi connectivity index (χ3v) is 2.49. The molecule has 1 heterocycles. The Labute approximate surface area is 108 Å². The minimum Gasteiger partial charge on any atom is -0.492 e. The van der Waals surface area contributed by atoms with Gasteiger partial charge < -0.3 is 9.84 Å². The van der Waals surface area contributed by atoms with Crippen LogP contribution in [0.4, 0.5) is 0 Å². The molecular formula is C14H19NO3. The normalized spacial score (nSPS) is 22.1. The average Bonchev–Trinajstić information content (AvgIpc) is 2.49. The number of carboxylic acids is 1. The van der Waals surface area contributed by atoms with Gasteiger partial charge in [-0.15, -0.1) is 0 Å². The van der Waals surface area contributed by atoms with Crippen molar-refractivity contribution in [3.05, 3.63) is 48.3 Å². The Kier molecular flexibility index (Phi) is 5.94. The zero-order valence-corrected chi connectivity index (χ0v) is 10.6. The topological polar surface area (TPSA) is 49.8 Å². The second kappa shape index (κ2) is 7.50. The molecular weight excluding hydrogens is 230 g/mol. The summed E-state index contributed by atoms with van der Waals surface area (Å²) in [5, 5.41) is 8.83. The Hall–Kier alpha value is -1.81. The molecule has 1 saturated heterocycles. The summed E-state index contributed by atoms with van der Waals surface area (Å²) in [5.41, 5.74) is 0.946. The van der Waals surface area contributed by atoms with E-state index in [9.17, 15) is 4.79 Å². The van der Waals surface area contributed by atoms with E-state index in [0.717, 1.165) is 11.3 Å². The summed E-state index contributed by atoms with van der Waals surface area (Å²) in [5.74, 6) is -0.0466. The molecule has 1 aliphatic rings. The van der Waals surface area contributed by atoms with E-state index in [1.165, 1.54) is 0 Å². The van der Waals surface area contributed by atoms with Crippen LogP contribution >= 0.6 is 0 Å². The van der Waals surface area contributed by atoms with Crippen LogP contribution in [0, 0.1) is 0 Å². The minimum atomic E-state index is -0.825. The van der Waals surface area contributed by atoms with Crippen LogP contribution in [-0.4, -0.2) is 42.2 Å². The maximum Gasteiger partial charge on any atom is 0.317 e. The van der Waals surface area contributed by atoms with Crippen molar-refractivity contribution in [3.8, 4) is 0 Å². The number of aliphatic carboxylic acids is 1. The van der Waals surface area contributed by atoms with Gasteiger partial charge in [-0.3, -0.25) is 9.69 Å². The quantitative estimate of drug-likeness (QED) is 0.827. The van der Waals surface area contributed by atoms with Crippen LogP contribution < -0.4 is 0 Å². The highest BCUT2D eigenvalue weighted by atomic mass is 16.5. The molecule has 0 aromatic carbocycles. The second-order valence-electron chi connectivity index (χ2n) is 3.94. The molecule has 0 amide bonds. The lowest BCUT2D eigenvalue weighted by Gasteiger charge is -2.16. The maximum atomic E-state index is 10.7. The number of nitrogens with zero attached hydrogens (tertiary/aromatic N) is 1. The first-order chi connectivity index (χ1) is 8.67. The van der Waals surface area contributed by atoms with Gasteiger partial charge in [-0.2, -0.15) is 0 Å². The molecule has 1 fully saturated rings. The van der Waals surface area contributed by atoms with Crippen LogP contribution in [0.2, 0.25) is 0 Å². The predicted molar refractivity (Wildman–Crippen MR) is 71.2 cm³/mol. The summed E-state index contributed by atoms with van der Waals surface area (Å²) in [4.78, 5) is 12.6. The van der Waals surface area contributed by atoms with Crippen molar-refractivity contribution in [1.29, 1.82) is 0 Å². The minimum absolute atomic E-state index is 0.0226. The van der Waals surface area contributed by atoms with Gasteiger partial charge in [0, 0.05) is 18.7 Å². The molecule has 1 aliphatic heterocycles. The molecule has 0 saturated carbocycles. The molecule has 1 N–H and O–H groups in total. The molecule has 18 heavy (non-hydrogen) atoms. The van der Waals surface area contributed by atoms with Crippen molar-refractivity contribution in [2.24, 2.45) is 0 Å². The van der Waals surface area contributed by atoms with Crippen molar-refractivity contribution in [2.45, 2.75) is 6.92 Å². The summed E-state index contributed by atoms with van der Waals surface area (Å²) < 4.78 is 5.64. The first kappa shape index (κ1) is 14.3. The zero-order valence-electron chi connectivity index (χ0n) is 10.6. The largest absolute Gasteiger partial charge is 0.492 e. The lowest BCUT2D eigenvalue weighted by molar-refractivity contribution is -0.138. The van der Waals surface area contributed by atoms with Gasteiger partial charge >= 0.3 is 5.97 Å². The van der Waals surface area contributed by atoms with Crippen molar-refractivity contribution >= 4 is 5.97 Å². The zero-order chi connectivity index (χ0) is 13.4. The molecule has 4 heteroatoms. The Balaban J connectivity index is 2.88. The fourth-order valence-electron chi connectivity index (χ4n) is 1.72. The van der Waals surface area contributed by atoms with Gasteiger partial charge in [-0.05, 0) is 13.0 Å². The van der Waals surface area contributed by atoms with Gasteiger partial charge in [0.15, 0.2) is 0 Å². The molecule has 0 spiro atoms. The first-order valence-corrected chi connectivity index (χ1v) is 5.89. The van der Waals surface area contributed by atoms with Crippen LogP contribution in [0.3, 0.4) is 0 Å². The Bertz CT molecular complexity index is 394. The second-order valence-corrected chi connectivity index (χ2v) is 3.94. The molecule has 0 bridgehead atoms. The van der Waals surface area contributed by atoms with Gasteiger partial charge in [0.1, 0.15) is 12.4 Å². The van der Waals surface area contributed by atoms with Gasteiger partial charge in [-0.25, -0.2) is 0 Å². The number of hydrogen-bond acceptors (Lipinski definition) is 3.